The fourth-order valence-corrected chi connectivity index (χ4v) is 5.99. The van der Waals surface area contributed by atoms with E-state index in [9.17, 15) is 9.59 Å². The Bertz CT molecular complexity index is 1250. The number of hydrogen-bond acceptors (Lipinski definition) is 6. The second kappa shape index (κ2) is 7.90. The first-order valence-corrected chi connectivity index (χ1v) is 11.4. The summed E-state index contributed by atoms with van der Waals surface area (Å²) in [6.45, 7) is 3.99. The van der Waals surface area contributed by atoms with Crippen LogP contribution in [0.15, 0.2) is 36.8 Å². The largest absolute Gasteiger partial charge is 0.465 e. The normalized spacial score (nSPS) is 24.2. The first-order chi connectivity index (χ1) is 15.9. The number of imidazole rings is 1. The smallest absolute Gasteiger partial charge is 0.337 e. The van der Waals surface area contributed by atoms with Gasteiger partial charge in [-0.1, -0.05) is 19.1 Å². The van der Waals surface area contributed by atoms with Gasteiger partial charge in [-0.2, -0.15) is 0 Å². The molecular formula is C26H28N4O3. The predicted octanol–water partition coefficient (Wildman–Crippen LogP) is 3.82. The van der Waals surface area contributed by atoms with Gasteiger partial charge in [0.2, 0.25) is 0 Å². The summed E-state index contributed by atoms with van der Waals surface area (Å²) in [4.78, 5) is 39.0. The van der Waals surface area contributed by atoms with Gasteiger partial charge in [-0.3, -0.25) is 4.79 Å². The van der Waals surface area contributed by atoms with Crippen LogP contribution in [0.5, 0.6) is 0 Å². The molecule has 3 atom stereocenters. The Labute approximate surface area is 193 Å². The lowest BCUT2D eigenvalue weighted by Gasteiger charge is -2.50. The van der Waals surface area contributed by atoms with Gasteiger partial charge in [-0.25, -0.2) is 19.7 Å². The Balaban J connectivity index is 1.76. The Morgan fingerprint density at radius 2 is 1.94 bits per heavy atom. The van der Waals surface area contributed by atoms with Crippen LogP contribution in [0.1, 0.15) is 59.2 Å². The van der Waals surface area contributed by atoms with E-state index in [1.807, 2.05) is 49.0 Å². The maximum atomic E-state index is 12.8. The van der Waals surface area contributed by atoms with E-state index in [-0.39, 0.29) is 17.8 Å². The van der Waals surface area contributed by atoms with Crippen LogP contribution < -0.4 is 0 Å². The van der Waals surface area contributed by atoms with E-state index in [2.05, 4.69) is 11.9 Å². The van der Waals surface area contributed by atoms with Gasteiger partial charge in [-0.05, 0) is 49.8 Å². The van der Waals surface area contributed by atoms with Gasteiger partial charge < -0.3 is 9.30 Å². The number of esters is 1. The maximum Gasteiger partial charge on any atom is 0.337 e. The van der Waals surface area contributed by atoms with E-state index < -0.39 is 5.41 Å². The van der Waals surface area contributed by atoms with E-state index in [0.717, 1.165) is 41.1 Å². The highest BCUT2D eigenvalue weighted by Crippen LogP contribution is 2.55. The van der Waals surface area contributed by atoms with Gasteiger partial charge in [0.25, 0.3) is 0 Å². The minimum Gasteiger partial charge on any atom is -0.465 e. The van der Waals surface area contributed by atoms with Gasteiger partial charge >= 0.3 is 5.97 Å². The number of hydrogen-bond donors (Lipinski definition) is 0. The molecule has 7 nitrogen and oxygen atoms in total. The molecule has 0 unspecified atom stereocenters. The highest BCUT2D eigenvalue weighted by molar-refractivity contribution is 5.89. The quantitative estimate of drug-likeness (QED) is 0.571. The first-order valence-electron chi connectivity index (χ1n) is 11.4. The molecule has 2 aliphatic carbocycles. The molecule has 1 fully saturated rings. The molecule has 2 aromatic heterocycles. The molecular weight excluding hydrogens is 416 g/mol. The van der Waals surface area contributed by atoms with Crippen molar-refractivity contribution >= 4 is 11.8 Å². The summed E-state index contributed by atoms with van der Waals surface area (Å²) in [5.41, 5.74) is 5.24. The fraction of sp³-hybridized carbons (Fsp3) is 0.423. The number of carbonyl (C=O) groups is 2. The molecule has 170 valence electrons. The van der Waals surface area contributed by atoms with E-state index in [4.69, 9.17) is 14.7 Å². The zero-order chi connectivity index (χ0) is 23.3. The summed E-state index contributed by atoms with van der Waals surface area (Å²) < 4.78 is 6.87. The molecule has 2 aliphatic rings. The minimum absolute atomic E-state index is 0.0531. The molecule has 1 aromatic carbocycles. The summed E-state index contributed by atoms with van der Waals surface area (Å²) in [5.74, 6) is 0.763. The van der Waals surface area contributed by atoms with Crippen molar-refractivity contribution < 1.29 is 14.3 Å². The van der Waals surface area contributed by atoms with E-state index >= 15 is 0 Å². The number of ether oxygens (including phenoxy) is 1. The average Bonchev–Trinajstić information content (AvgIpc) is 3.26. The van der Waals surface area contributed by atoms with Crippen LogP contribution in [-0.4, -0.2) is 38.4 Å². The summed E-state index contributed by atoms with van der Waals surface area (Å²) >= 11 is 0. The van der Waals surface area contributed by atoms with E-state index in [0.29, 0.717) is 30.0 Å². The van der Waals surface area contributed by atoms with Crippen LogP contribution in [0.4, 0.5) is 0 Å². The van der Waals surface area contributed by atoms with Gasteiger partial charge in [0.05, 0.1) is 42.3 Å². The van der Waals surface area contributed by atoms with Gasteiger partial charge in [0, 0.05) is 30.4 Å². The van der Waals surface area contributed by atoms with Gasteiger partial charge in [-0.15, -0.1) is 0 Å². The molecule has 7 heteroatoms. The molecule has 2 heterocycles. The van der Waals surface area contributed by atoms with Crippen LogP contribution in [0.2, 0.25) is 0 Å². The van der Waals surface area contributed by atoms with Crippen molar-refractivity contribution in [1.29, 1.82) is 0 Å². The Kier molecular flexibility index (Phi) is 5.15. The topological polar surface area (TPSA) is 87.0 Å². The van der Waals surface area contributed by atoms with Crippen LogP contribution in [0, 0.1) is 18.8 Å². The second-order valence-corrected chi connectivity index (χ2v) is 9.28. The van der Waals surface area contributed by atoms with Crippen molar-refractivity contribution in [2.24, 2.45) is 18.9 Å². The van der Waals surface area contributed by atoms with Crippen LogP contribution in [0.3, 0.4) is 0 Å². The first kappa shape index (κ1) is 21.5. The monoisotopic (exact) mass is 444 g/mol. The van der Waals surface area contributed by atoms with Crippen molar-refractivity contribution in [2.75, 3.05) is 7.11 Å². The third-order valence-electron chi connectivity index (χ3n) is 7.64. The molecule has 0 spiro atoms. The molecule has 1 saturated carbocycles. The second-order valence-electron chi connectivity index (χ2n) is 9.28. The standard InChI is InChI=1S/C26H28N4O3/c1-15-20-10-9-19-23(21-13-27-14-30(21)3)28-16(2)29-24(19)26(20,12-11-22(15)31)18-7-5-17(6-8-18)25(32)33-4/h5-8,13-15,20H,9-12H2,1-4H3/t15-,20-,26+/m0/s1. The zero-order valence-electron chi connectivity index (χ0n) is 19.5. The Hall–Kier alpha value is -3.35. The van der Waals surface area contributed by atoms with Crippen molar-refractivity contribution in [3.63, 3.8) is 0 Å². The zero-order valence-corrected chi connectivity index (χ0v) is 19.5. The minimum atomic E-state index is -0.406. The molecule has 0 amide bonds. The summed E-state index contributed by atoms with van der Waals surface area (Å²) in [6.07, 6.45) is 6.55. The van der Waals surface area contributed by atoms with Crippen LogP contribution >= 0.6 is 0 Å². The fourth-order valence-electron chi connectivity index (χ4n) is 5.99. The van der Waals surface area contributed by atoms with Crippen molar-refractivity contribution in [2.45, 2.75) is 44.9 Å². The Morgan fingerprint density at radius 3 is 2.61 bits per heavy atom. The number of aromatic nitrogens is 4. The van der Waals surface area contributed by atoms with Crippen molar-refractivity contribution in [3.05, 3.63) is 65.0 Å². The summed E-state index contributed by atoms with van der Waals surface area (Å²) in [5, 5.41) is 0. The number of benzene rings is 1. The van der Waals surface area contributed by atoms with Crippen LogP contribution in [-0.2, 0) is 28.4 Å². The molecule has 0 radical (unpaired) electrons. The number of rotatable bonds is 3. The van der Waals surface area contributed by atoms with E-state index in [1.165, 1.54) is 7.11 Å². The van der Waals surface area contributed by atoms with E-state index in [1.54, 1.807) is 6.33 Å². The number of fused-ring (bicyclic) bond motifs is 3. The number of aryl methyl sites for hydroxylation is 2. The highest BCUT2D eigenvalue weighted by atomic mass is 16.5. The third kappa shape index (κ3) is 3.21. The van der Waals surface area contributed by atoms with Crippen molar-refractivity contribution in [1.82, 2.24) is 19.5 Å². The predicted molar refractivity (Wildman–Crippen MR) is 123 cm³/mol. The molecule has 0 bridgehead atoms. The SMILES string of the molecule is COC(=O)c1ccc([C@]23CCC(=O)[C@@H](C)[C@@H]2CCc2c(-c4cncn4C)nc(C)nc23)cc1. The van der Waals surface area contributed by atoms with Gasteiger partial charge in [0.1, 0.15) is 11.6 Å². The average molecular weight is 445 g/mol. The molecule has 5 rings (SSSR count). The summed E-state index contributed by atoms with van der Waals surface area (Å²) in [7, 11) is 3.36. The van der Waals surface area contributed by atoms with Gasteiger partial charge in [0.15, 0.2) is 0 Å². The number of methoxy groups -OCH3 is 1. The lowest BCUT2D eigenvalue weighted by molar-refractivity contribution is -0.128. The summed E-state index contributed by atoms with van der Waals surface area (Å²) in [6, 6.07) is 7.66. The molecule has 0 saturated heterocycles. The number of nitrogens with zero attached hydrogens (tertiary/aromatic N) is 4. The number of Topliss-reactive ketones (excluding diaryl/α,β-unsaturated/α-hetero) is 1. The maximum absolute atomic E-state index is 12.8. The highest BCUT2D eigenvalue weighted by Gasteiger charge is 2.53. The molecule has 0 aliphatic heterocycles. The number of ketones is 1. The molecule has 3 aromatic rings. The molecule has 33 heavy (non-hydrogen) atoms. The van der Waals surface area contributed by atoms with Crippen LogP contribution in [0.25, 0.3) is 11.4 Å². The lowest BCUT2D eigenvalue weighted by Crippen LogP contribution is -2.50. The Morgan fingerprint density at radius 1 is 1.18 bits per heavy atom. The molecule has 0 N–H and O–H groups in total. The third-order valence-corrected chi connectivity index (χ3v) is 7.64. The van der Waals surface area contributed by atoms with Crippen molar-refractivity contribution in [3.8, 4) is 11.4 Å². The number of carbonyl (C=O) groups excluding carboxylic acids is 2. The lowest BCUT2D eigenvalue weighted by atomic mass is 9.52.